The first-order valence-corrected chi connectivity index (χ1v) is 11.0. The molecule has 1 amide bonds. The molecule has 162 valence electrons. The molecular weight excluding hydrogens is 388 g/mol. The number of pyridine rings is 1. The van der Waals surface area contributed by atoms with Gasteiger partial charge in [-0.3, -0.25) is 18.9 Å². The van der Waals surface area contributed by atoms with E-state index in [1.165, 1.54) is 22.6 Å². The van der Waals surface area contributed by atoms with E-state index in [0.717, 1.165) is 42.6 Å². The number of hydrogen-bond acceptors (Lipinski definition) is 4. The largest absolute Gasteiger partial charge is 0.348 e. The van der Waals surface area contributed by atoms with E-state index in [0.29, 0.717) is 12.2 Å². The van der Waals surface area contributed by atoms with Crippen LogP contribution in [0.5, 0.6) is 0 Å². The van der Waals surface area contributed by atoms with Gasteiger partial charge in [-0.2, -0.15) is 0 Å². The Morgan fingerprint density at radius 2 is 1.74 bits per heavy atom. The number of hydrogen-bond donors (Lipinski definition) is 1. The maximum atomic E-state index is 12.7. The molecule has 0 radical (unpaired) electrons. The Labute approximate surface area is 182 Å². The Hall–Kier alpha value is -2.99. The van der Waals surface area contributed by atoms with E-state index in [9.17, 15) is 9.59 Å². The topological polar surface area (TPSA) is 66.7 Å². The first-order chi connectivity index (χ1) is 14.9. The van der Waals surface area contributed by atoms with Gasteiger partial charge < -0.3 is 5.32 Å². The summed E-state index contributed by atoms with van der Waals surface area (Å²) in [5.41, 5.74) is 3.44. The number of likely N-dealkylation sites (tertiary alicyclic amines) is 1. The zero-order valence-electron chi connectivity index (χ0n) is 18.5. The van der Waals surface area contributed by atoms with Crippen LogP contribution in [-0.4, -0.2) is 33.3 Å². The number of aromatic nitrogens is 2. The van der Waals surface area contributed by atoms with E-state index in [1.54, 1.807) is 12.3 Å². The van der Waals surface area contributed by atoms with Gasteiger partial charge in [0.2, 0.25) is 0 Å². The summed E-state index contributed by atoms with van der Waals surface area (Å²) in [4.78, 5) is 32.0. The molecule has 6 nitrogen and oxygen atoms in total. The number of carbonyl (C=O) groups excluding carboxylic acids is 1. The highest BCUT2D eigenvalue weighted by Gasteiger charge is 2.21. The molecule has 0 spiro atoms. The summed E-state index contributed by atoms with van der Waals surface area (Å²) >= 11 is 0. The Bertz CT molecular complexity index is 1130. The van der Waals surface area contributed by atoms with Crippen LogP contribution in [0.2, 0.25) is 0 Å². The fourth-order valence-electron chi connectivity index (χ4n) is 4.56. The molecule has 4 rings (SSSR count). The highest BCUT2D eigenvalue weighted by atomic mass is 16.2. The number of nitrogens with one attached hydrogen (secondary N) is 1. The second kappa shape index (κ2) is 9.02. The smallest absolute Gasteiger partial charge is 0.270 e. The van der Waals surface area contributed by atoms with Gasteiger partial charge in [0.1, 0.15) is 11.2 Å². The number of piperidine rings is 1. The van der Waals surface area contributed by atoms with Crippen molar-refractivity contribution >= 4 is 11.6 Å². The van der Waals surface area contributed by atoms with Gasteiger partial charge in [0.05, 0.1) is 0 Å². The molecule has 31 heavy (non-hydrogen) atoms. The van der Waals surface area contributed by atoms with Crippen LogP contribution in [0.4, 0.5) is 0 Å². The van der Waals surface area contributed by atoms with E-state index in [4.69, 9.17) is 0 Å². The summed E-state index contributed by atoms with van der Waals surface area (Å²) in [7, 11) is 0. The van der Waals surface area contributed by atoms with Crippen LogP contribution in [0.1, 0.15) is 47.3 Å². The lowest BCUT2D eigenvalue weighted by Crippen LogP contribution is -2.38. The minimum Gasteiger partial charge on any atom is -0.348 e. The van der Waals surface area contributed by atoms with E-state index in [2.05, 4.69) is 41.2 Å². The third-order valence-electron chi connectivity index (χ3n) is 5.92. The number of fused-ring (bicyclic) bond motifs is 1. The Kier molecular flexibility index (Phi) is 6.18. The van der Waals surface area contributed by atoms with Crippen LogP contribution >= 0.6 is 0 Å². The first kappa shape index (κ1) is 21.2. The van der Waals surface area contributed by atoms with Crippen LogP contribution in [-0.2, 0) is 13.1 Å². The van der Waals surface area contributed by atoms with Gasteiger partial charge in [-0.25, -0.2) is 4.98 Å². The van der Waals surface area contributed by atoms with Crippen LogP contribution in [0, 0.1) is 18.8 Å². The third kappa shape index (κ3) is 5.02. The minimum absolute atomic E-state index is 0.0491. The first-order valence-electron chi connectivity index (χ1n) is 11.0. The van der Waals surface area contributed by atoms with Gasteiger partial charge in [-0.1, -0.05) is 44.2 Å². The maximum absolute atomic E-state index is 12.7. The average Bonchev–Trinajstić information content (AvgIpc) is 2.73. The quantitative estimate of drug-likeness (QED) is 0.690. The monoisotopic (exact) mass is 418 g/mol. The van der Waals surface area contributed by atoms with E-state index in [-0.39, 0.29) is 11.1 Å². The third-order valence-corrected chi connectivity index (χ3v) is 5.92. The zero-order chi connectivity index (χ0) is 22.0. The molecule has 2 unspecified atom stereocenters. The van der Waals surface area contributed by atoms with Crippen molar-refractivity contribution in [2.24, 2.45) is 11.8 Å². The van der Waals surface area contributed by atoms with Gasteiger partial charge in [0.15, 0.2) is 0 Å². The van der Waals surface area contributed by atoms with Crippen molar-refractivity contribution in [3.63, 3.8) is 0 Å². The molecule has 1 aliphatic rings. The second-order valence-electron chi connectivity index (χ2n) is 9.05. The molecule has 0 bridgehead atoms. The van der Waals surface area contributed by atoms with Crippen molar-refractivity contribution in [3.05, 3.63) is 81.4 Å². The summed E-state index contributed by atoms with van der Waals surface area (Å²) in [6, 6.07) is 12.0. The molecule has 3 aromatic rings. The predicted octanol–water partition coefficient (Wildman–Crippen LogP) is 3.41. The number of amides is 1. The lowest BCUT2D eigenvalue weighted by atomic mass is 9.91. The van der Waals surface area contributed by atoms with Gasteiger partial charge in [0.25, 0.3) is 11.5 Å². The number of rotatable bonds is 5. The van der Waals surface area contributed by atoms with Gasteiger partial charge >= 0.3 is 0 Å². The molecule has 2 atom stereocenters. The van der Waals surface area contributed by atoms with Gasteiger partial charge in [-0.05, 0) is 47.9 Å². The molecular formula is C25H30N4O2. The highest BCUT2D eigenvalue weighted by Crippen LogP contribution is 2.22. The maximum Gasteiger partial charge on any atom is 0.270 e. The Morgan fingerprint density at radius 1 is 1.06 bits per heavy atom. The Morgan fingerprint density at radius 3 is 2.45 bits per heavy atom. The molecule has 0 saturated carbocycles. The Balaban J connectivity index is 1.38. The van der Waals surface area contributed by atoms with Crippen molar-refractivity contribution in [2.75, 3.05) is 13.1 Å². The molecule has 1 saturated heterocycles. The van der Waals surface area contributed by atoms with Crippen molar-refractivity contribution in [3.8, 4) is 0 Å². The van der Waals surface area contributed by atoms with Crippen molar-refractivity contribution in [1.29, 1.82) is 0 Å². The van der Waals surface area contributed by atoms with E-state index < -0.39 is 5.91 Å². The minimum atomic E-state index is -0.409. The fraction of sp³-hybridized carbons (Fsp3) is 0.400. The average molecular weight is 419 g/mol. The summed E-state index contributed by atoms with van der Waals surface area (Å²) in [5.74, 6) is 1.08. The van der Waals surface area contributed by atoms with Gasteiger partial charge in [-0.15, -0.1) is 0 Å². The SMILES string of the molecule is Cc1ccc2ncc(C(=O)NCc3ccc(CN4CC(C)CC(C)C4)cc3)c(=O)n2c1. The number of carbonyl (C=O) groups is 1. The van der Waals surface area contributed by atoms with Crippen LogP contribution in [0.25, 0.3) is 5.65 Å². The highest BCUT2D eigenvalue weighted by molar-refractivity contribution is 5.93. The van der Waals surface area contributed by atoms with Crippen LogP contribution < -0.4 is 10.9 Å². The van der Waals surface area contributed by atoms with Crippen molar-refractivity contribution in [2.45, 2.75) is 40.3 Å². The van der Waals surface area contributed by atoms with E-state index in [1.807, 2.05) is 25.1 Å². The lowest BCUT2D eigenvalue weighted by Gasteiger charge is -2.35. The van der Waals surface area contributed by atoms with Gasteiger partial charge in [0, 0.05) is 38.6 Å². The molecule has 6 heteroatoms. The van der Waals surface area contributed by atoms with E-state index >= 15 is 0 Å². The predicted molar refractivity (Wildman–Crippen MR) is 122 cm³/mol. The normalized spacial score (nSPS) is 19.5. The molecule has 1 fully saturated rings. The molecule has 2 aromatic heterocycles. The standard InChI is InChI=1S/C25H30N4O2/c1-17-4-9-23-26-12-22(25(31)29(23)15-17)24(30)27-11-20-5-7-21(8-6-20)16-28-13-18(2)10-19(3)14-28/h4-9,12,15,18-19H,10-11,13-14,16H2,1-3H3,(H,27,30). The molecule has 0 aliphatic carbocycles. The number of benzene rings is 1. The fourth-order valence-corrected chi connectivity index (χ4v) is 4.56. The van der Waals surface area contributed by atoms with Crippen molar-refractivity contribution in [1.82, 2.24) is 19.6 Å². The molecule has 1 N–H and O–H groups in total. The summed E-state index contributed by atoms with van der Waals surface area (Å²) in [5, 5.41) is 2.85. The van der Waals surface area contributed by atoms with Crippen molar-refractivity contribution < 1.29 is 4.79 Å². The summed E-state index contributed by atoms with van der Waals surface area (Å²) in [6.07, 6.45) is 4.36. The molecule has 3 heterocycles. The summed E-state index contributed by atoms with van der Waals surface area (Å²) < 4.78 is 1.42. The molecule has 1 aromatic carbocycles. The molecule has 1 aliphatic heterocycles. The second-order valence-corrected chi connectivity index (χ2v) is 9.05. The lowest BCUT2D eigenvalue weighted by molar-refractivity contribution is 0.0949. The van der Waals surface area contributed by atoms with Crippen LogP contribution in [0.3, 0.4) is 0 Å². The summed E-state index contributed by atoms with van der Waals surface area (Å²) in [6.45, 7) is 10.2. The number of nitrogens with zero attached hydrogens (tertiary/aromatic N) is 3. The number of aryl methyl sites for hydroxylation is 1. The van der Waals surface area contributed by atoms with Crippen LogP contribution in [0.15, 0.2) is 53.6 Å². The zero-order valence-corrected chi connectivity index (χ0v) is 18.5.